The molecule has 3 aromatic rings. The highest BCUT2D eigenvalue weighted by Crippen LogP contribution is 2.38. The summed E-state index contributed by atoms with van der Waals surface area (Å²) in [4.78, 5) is 3.40. The van der Waals surface area contributed by atoms with Gasteiger partial charge in [0.25, 0.3) is 0 Å². The fraction of sp³-hybridized carbons (Fsp3) is 0.609. The number of para-hydroxylation sites is 1. The van der Waals surface area contributed by atoms with Gasteiger partial charge < -0.3 is 10.3 Å². The van der Waals surface area contributed by atoms with Crippen LogP contribution in [-0.4, -0.2) is 31.7 Å². The average molecular weight is 393 g/mol. The Kier molecular flexibility index (Phi) is 5.36. The van der Waals surface area contributed by atoms with Gasteiger partial charge in [0.15, 0.2) is 5.82 Å². The van der Waals surface area contributed by atoms with Gasteiger partial charge >= 0.3 is 0 Å². The Morgan fingerprint density at radius 1 is 1.03 bits per heavy atom. The number of aromatic nitrogens is 5. The minimum atomic E-state index is -0.0781. The lowest BCUT2D eigenvalue weighted by Gasteiger charge is -2.38. The van der Waals surface area contributed by atoms with E-state index in [0.717, 1.165) is 31.6 Å². The fourth-order valence-electron chi connectivity index (χ4n) is 5.49. The number of hydrogen-bond donors (Lipinski definition) is 2. The molecule has 2 N–H and O–H groups in total. The van der Waals surface area contributed by atoms with Crippen molar-refractivity contribution in [3.05, 3.63) is 41.9 Å². The number of aromatic amines is 1. The van der Waals surface area contributed by atoms with E-state index < -0.39 is 0 Å². The van der Waals surface area contributed by atoms with E-state index in [1.165, 1.54) is 67.8 Å². The van der Waals surface area contributed by atoms with Crippen LogP contribution in [-0.2, 0) is 12.0 Å². The predicted octanol–water partition coefficient (Wildman–Crippen LogP) is 4.65. The van der Waals surface area contributed by atoms with Crippen molar-refractivity contribution < 1.29 is 0 Å². The summed E-state index contributed by atoms with van der Waals surface area (Å²) in [6.45, 7) is 0.944. The molecule has 5 rings (SSSR count). The zero-order chi connectivity index (χ0) is 19.5. The molecule has 2 heterocycles. The molecule has 6 heteroatoms. The van der Waals surface area contributed by atoms with Crippen LogP contribution < -0.4 is 5.32 Å². The van der Waals surface area contributed by atoms with Crippen LogP contribution in [0.5, 0.6) is 0 Å². The van der Waals surface area contributed by atoms with E-state index in [1.54, 1.807) is 0 Å². The maximum absolute atomic E-state index is 4.59. The van der Waals surface area contributed by atoms with Gasteiger partial charge in [0.1, 0.15) is 0 Å². The summed E-state index contributed by atoms with van der Waals surface area (Å²) in [6.07, 6.45) is 15.6. The molecule has 2 aliphatic carbocycles. The van der Waals surface area contributed by atoms with E-state index >= 15 is 0 Å². The van der Waals surface area contributed by atoms with E-state index in [0.29, 0.717) is 6.04 Å². The lowest BCUT2D eigenvalue weighted by Crippen LogP contribution is -2.47. The molecule has 2 aliphatic rings. The van der Waals surface area contributed by atoms with Crippen LogP contribution in [0.4, 0.5) is 0 Å². The van der Waals surface area contributed by atoms with Crippen LogP contribution in [0.15, 0.2) is 30.5 Å². The Bertz CT molecular complexity index is 930. The van der Waals surface area contributed by atoms with Crippen LogP contribution in [0, 0.1) is 0 Å². The number of nitrogens with one attached hydrogen (secondary N) is 2. The first-order valence-corrected chi connectivity index (χ1v) is 11.4. The highest BCUT2D eigenvalue weighted by atomic mass is 15.6. The summed E-state index contributed by atoms with van der Waals surface area (Å²) >= 11 is 0. The van der Waals surface area contributed by atoms with Crippen molar-refractivity contribution in [1.82, 2.24) is 30.5 Å². The Hall–Kier alpha value is -2.21. The van der Waals surface area contributed by atoms with Gasteiger partial charge in [0.05, 0.1) is 11.6 Å². The van der Waals surface area contributed by atoms with Crippen LogP contribution in [0.25, 0.3) is 10.9 Å². The monoisotopic (exact) mass is 392 g/mol. The third-order valence-corrected chi connectivity index (χ3v) is 7.08. The predicted molar refractivity (Wildman–Crippen MR) is 115 cm³/mol. The van der Waals surface area contributed by atoms with Crippen molar-refractivity contribution in [2.75, 3.05) is 6.54 Å². The SMILES string of the molecule is c1ccc2c(CCNC3(c4nnnn4C4CCCCC4)CCCCC3)c[nH]c2c1. The first kappa shape index (κ1) is 18.8. The molecule has 154 valence electrons. The third-order valence-electron chi connectivity index (χ3n) is 7.08. The molecule has 0 aliphatic heterocycles. The molecule has 6 nitrogen and oxygen atoms in total. The molecular weight excluding hydrogens is 360 g/mol. The summed E-state index contributed by atoms with van der Waals surface area (Å²) in [7, 11) is 0. The largest absolute Gasteiger partial charge is 0.361 e. The van der Waals surface area contributed by atoms with E-state index in [9.17, 15) is 0 Å². The zero-order valence-electron chi connectivity index (χ0n) is 17.2. The molecule has 0 amide bonds. The zero-order valence-corrected chi connectivity index (χ0v) is 17.2. The van der Waals surface area contributed by atoms with Crippen molar-refractivity contribution in [2.45, 2.75) is 82.2 Å². The van der Waals surface area contributed by atoms with E-state index in [1.807, 2.05) is 0 Å². The maximum Gasteiger partial charge on any atom is 0.171 e. The van der Waals surface area contributed by atoms with E-state index in [4.69, 9.17) is 0 Å². The number of rotatable bonds is 6. The van der Waals surface area contributed by atoms with E-state index in [-0.39, 0.29) is 5.54 Å². The molecule has 0 spiro atoms. The van der Waals surface area contributed by atoms with Crippen molar-refractivity contribution in [2.24, 2.45) is 0 Å². The van der Waals surface area contributed by atoms with Gasteiger partial charge in [-0.15, -0.1) is 5.10 Å². The molecule has 0 saturated heterocycles. The van der Waals surface area contributed by atoms with Crippen molar-refractivity contribution >= 4 is 10.9 Å². The minimum absolute atomic E-state index is 0.0781. The van der Waals surface area contributed by atoms with Gasteiger partial charge in [0, 0.05) is 23.6 Å². The molecule has 2 fully saturated rings. The second-order valence-corrected chi connectivity index (χ2v) is 8.92. The lowest BCUT2D eigenvalue weighted by atomic mass is 9.80. The molecule has 29 heavy (non-hydrogen) atoms. The average Bonchev–Trinajstić information content (AvgIpc) is 3.43. The summed E-state index contributed by atoms with van der Waals surface area (Å²) in [5, 5.41) is 18.5. The highest BCUT2D eigenvalue weighted by Gasteiger charge is 2.39. The maximum atomic E-state index is 4.59. The molecular formula is C23H32N6. The van der Waals surface area contributed by atoms with Gasteiger partial charge in [-0.05, 0) is 54.2 Å². The number of tetrazole rings is 1. The first-order valence-electron chi connectivity index (χ1n) is 11.4. The second kappa shape index (κ2) is 8.27. The summed E-state index contributed by atoms with van der Waals surface area (Å²) in [5.74, 6) is 1.09. The highest BCUT2D eigenvalue weighted by molar-refractivity contribution is 5.83. The Morgan fingerprint density at radius 3 is 2.69 bits per heavy atom. The smallest absolute Gasteiger partial charge is 0.171 e. The lowest BCUT2D eigenvalue weighted by molar-refractivity contribution is 0.198. The van der Waals surface area contributed by atoms with Gasteiger partial charge in [-0.1, -0.05) is 56.7 Å². The molecule has 2 aromatic heterocycles. The summed E-state index contributed by atoms with van der Waals surface area (Å²) < 4.78 is 2.18. The molecule has 1 aromatic carbocycles. The molecule has 0 atom stereocenters. The standard InChI is InChI=1S/C23H32N6/c1-3-9-19(10-4-1)29-22(26-27-28-29)23(14-7-2-8-15-23)25-16-13-18-17-24-21-12-6-5-11-20(18)21/h5-6,11-12,17,19,24-25H,1-4,7-10,13-16H2. The molecule has 0 unspecified atom stereocenters. The Morgan fingerprint density at radius 2 is 1.83 bits per heavy atom. The van der Waals surface area contributed by atoms with Crippen LogP contribution in [0.2, 0.25) is 0 Å². The van der Waals surface area contributed by atoms with E-state index in [2.05, 4.69) is 61.0 Å². The Balaban J connectivity index is 1.35. The fourth-order valence-corrected chi connectivity index (χ4v) is 5.49. The van der Waals surface area contributed by atoms with Gasteiger partial charge in [-0.2, -0.15) is 0 Å². The normalized spacial score (nSPS) is 20.3. The van der Waals surface area contributed by atoms with Crippen molar-refractivity contribution in [3.8, 4) is 0 Å². The van der Waals surface area contributed by atoms with Gasteiger partial charge in [-0.3, -0.25) is 0 Å². The number of hydrogen-bond acceptors (Lipinski definition) is 4. The Labute approximate surface area is 172 Å². The quantitative estimate of drug-likeness (QED) is 0.640. The number of H-pyrrole nitrogens is 1. The van der Waals surface area contributed by atoms with Crippen LogP contribution in [0.3, 0.4) is 0 Å². The van der Waals surface area contributed by atoms with Crippen molar-refractivity contribution in [3.63, 3.8) is 0 Å². The third kappa shape index (κ3) is 3.70. The minimum Gasteiger partial charge on any atom is -0.361 e. The topological polar surface area (TPSA) is 71.4 Å². The molecule has 0 bridgehead atoms. The molecule has 0 radical (unpaired) electrons. The summed E-state index contributed by atoms with van der Waals surface area (Å²) in [6, 6.07) is 9.04. The van der Waals surface area contributed by atoms with Gasteiger partial charge in [0.2, 0.25) is 0 Å². The van der Waals surface area contributed by atoms with Crippen LogP contribution >= 0.6 is 0 Å². The van der Waals surface area contributed by atoms with Crippen LogP contribution in [0.1, 0.15) is 81.6 Å². The van der Waals surface area contributed by atoms with Gasteiger partial charge in [-0.25, -0.2) is 4.68 Å². The number of nitrogens with zero attached hydrogens (tertiary/aromatic N) is 4. The van der Waals surface area contributed by atoms with Crippen molar-refractivity contribution in [1.29, 1.82) is 0 Å². The molecule has 2 saturated carbocycles. The first-order chi connectivity index (χ1) is 14.4. The number of benzene rings is 1. The summed E-state index contributed by atoms with van der Waals surface area (Å²) in [5.41, 5.74) is 2.52. The number of fused-ring (bicyclic) bond motifs is 1. The second-order valence-electron chi connectivity index (χ2n) is 8.92.